The molecule has 0 amide bonds. The van der Waals surface area contributed by atoms with E-state index in [1.807, 2.05) is 7.05 Å². The fourth-order valence-electron chi connectivity index (χ4n) is 1.88. The third-order valence-corrected chi connectivity index (χ3v) is 2.88. The van der Waals surface area contributed by atoms with E-state index in [0.717, 1.165) is 30.0 Å². The van der Waals surface area contributed by atoms with Gasteiger partial charge in [0.15, 0.2) is 0 Å². The van der Waals surface area contributed by atoms with Crippen molar-refractivity contribution < 1.29 is 5.11 Å². The van der Waals surface area contributed by atoms with Crippen LogP contribution in [-0.2, 0) is 6.42 Å². The third-order valence-electron chi connectivity index (χ3n) is 2.88. The first kappa shape index (κ1) is 14.7. The number of aliphatic hydroxyl groups is 1. The zero-order valence-corrected chi connectivity index (χ0v) is 11.7. The minimum absolute atomic E-state index is 0.160. The largest absolute Gasteiger partial charge is 0.396 e. The molecular formula is C13H24N4O. The van der Waals surface area contributed by atoms with E-state index in [9.17, 15) is 0 Å². The first-order chi connectivity index (χ1) is 8.54. The van der Waals surface area contributed by atoms with Gasteiger partial charge in [0.2, 0.25) is 0 Å². The first-order valence-electron chi connectivity index (χ1n) is 6.44. The van der Waals surface area contributed by atoms with E-state index in [1.165, 1.54) is 0 Å². The summed E-state index contributed by atoms with van der Waals surface area (Å²) in [6.45, 7) is 6.41. The number of aromatic nitrogens is 2. The summed E-state index contributed by atoms with van der Waals surface area (Å²) in [5, 5.41) is 15.6. The maximum atomic E-state index is 9.07. The molecule has 1 heterocycles. The van der Waals surface area contributed by atoms with Gasteiger partial charge in [-0.15, -0.1) is 0 Å². The zero-order chi connectivity index (χ0) is 13.6. The summed E-state index contributed by atoms with van der Waals surface area (Å²) >= 11 is 0. The van der Waals surface area contributed by atoms with Crippen LogP contribution in [0.3, 0.4) is 0 Å². The summed E-state index contributed by atoms with van der Waals surface area (Å²) in [7, 11) is 1.87. The molecule has 0 radical (unpaired) electrons. The van der Waals surface area contributed by atoms with Gasteiger partial charge in [0.05, 0.1) is 0 Å². The van der Waals surface area contributed by atoms with Gasteiger partial charge in [0.25, 0.3) is 0 Å². The molecule has 5 nitrogen and oxygen atoms in total. The van der Waals surface area contributed by atoms with Crippen LogP contribution in [0.1, 0.15) is 39.2 Å². The molecule has 18 heavy (non-hydrogen) atoms. The maximum Gasteiger partial charge on any atom is 0.135 e. The Morgan fingerprint density at radius 3 is 2.50 bits per heavy atom. The van der Waals surface area contributed by atoms with Crippen LogP contribution in [0.25, 0.3) is 0 Å². The summed E-state index contributed by atoms with van der Waals surface area (Å²) in [5.41, 5.74) is 0.921. The standard InChI is InChI=1S/C13H24N4O/c1-5-6-10-11(14-4)15-9-16-12(10)17-13(2,3)7-8-18/h9,18H,5-8H2,1-4H3,(H2,14,15,16,17). The predicted octanol–water partition coefficient (Wildman–Crippen LogP) is 2.04. The van der Waals surface area contributed by atoms with Gasteiger partial charge in [-0.25, -0.2) is 9.97 Å². The summed E-state index contributed by atoms with van der Waals surface area (Å²) < 4.78 is 0. The average molecular weight is 252 g/mol. The van der Waals surface area contributed by atoms with E-state index < -0.39 is 0 Å². The Balaban J connectivity index is 3.00. The third kappa shape index (κ3) is 3.84. The summed E-state index contributed by atoms with van der Waals surface area (Å²) in [5.74, 6) is 1.73. The molecule has 3 N–H and O–H groups in total. The maximum absolute atomic E-state index is 9.07. The second-order valence-corrected chi connectivity index (χ2v) is 5.03. The van der Waals surface area contributed by atoms with E-state index in [4.69, 9.17) is 5.11 Å². The molecule has 0 atom stereocenters. The second kappa shape index (κ2) is 6.54. The van der Waals surface area contributed by atoms with E-state index in [2.05, 4.69) is 41.4 Å². The lowest BCUT2D eigenvalue weighted by Crippen LogP contribution is -2.33. The van der Waals surface area contributed by atoms with Gasteiger partial charge in [0.1, 0.15) is 18.0 Å². The van der Waals surface area contributed by atoms with Crippen LogP contribution in [0.2, 0.25) is 0 Å². The van der Waals surface area contributed by atoms with Crippen molar-refractivity contribution in [2.24, 2.45) is 0 Å². The highest BCUT2D eigenvalue weighted by atomic mass is 16.3. The molecule has 0 saturated heterocycles. The van der Waals surface area contributed by atoms with E-state index in [-0.39, 0.29) is 12.1 Å². The molecule has 102 valence electrons. The molecule has 1 aromatic rings. The van der Waals surface area contributed by atoms with Gasteiger partial charge < -0.3 is 15.7 Å². The van der Waals surface area contributed by atoms with Gasteiger partial charge in [-0.1, -0.05) is 13.3 Å². The summed E-state index contributed by atoms with van der Waals surface area (Å²) in [6, 6.07) is 0. The molecule has 1 rings (SSSR count). The molecule has 5 heteroatoms. The van der Waals surface area contributed by atoms with Gasteiger partial charge in [-0.05, 0) is 26.7 Å². The van der Waals surface area contributed by atoms with Crippen LogP contribution in [0.5, 0.6) is 0 Å². The minimum atomic E-state index is -0.184. The SMILES string of the molecule is CCCc1c(NC)ncnc1NC(C)(C)CCO. The van der Waals surface area contributed by atoms with Crippen molar-refractivity contribution in [2.45, 2.75) is 45.6 Å². The van der Waals surface area contributed by atoms with Crippen molar-refractivity contribution in [1.82, 2.24) is 9.97 Å². The lowest BCUT2D eigenvalue weighted by atomic mass is 10.0. The quantitative estimate of drug-likeness (QED) is 0.693. The summed E-state index contributed by atoms with van der Waals surface area (Å²) in [6.07, 6.45) is 4.20. The van der Waals surface area contributed by atoms with Crippen molar-refractivity contribution in [3.05, 3.63) is 11.9 Å². The van der Waals surface area contributed by atoms with Gasteiger partial charge >= 0.3 is 0 Å². The Hall–Kier alpha value is -1.36. The molecule has 0 spiro atoms. The fraction of sp³-hybridized carbons (Fsp3) is 0.692. The zero-order valence-electron chi connectivity index (χ0n) is 11.7. The van der Waals surface area contributed by atoms with Crippen LogP contribution < -0.4 is 10.6 Å². The lowest BCUT2D eigenvalue weighted by Gasteiger charge is -2.27. The number of nitrogens with one attached hydrogen (secondary N) is 2. The highest BCUT2D eigenvalue weighted by molar-refractivity contribution is 5.58. The molecule has 0 unspecified atom stereocenters. The van der Waals surface area contributed by atoms with Gasteiger partial charge in [-0.2, -0.15) is 0 Å². The fourth-order valence-corrected chi connectivity index (χ4v) is 1.88. The van der Waals surface area contributed by atoms with E-state index in [1.54, 1.807) is 6.33 Å². The lowest BCUT2D eigenvalue weighted by molar-refractivity contribution is 0.260. The van der Waals surface area contributed by atoms with Crippen LogP contribution in [0.15, 0.2) is 6.33 Å². The van der Waals surface area contributed by atoms with E-state index in [0.29, 0.717) is 6.42 Å². The molecule has 0 aromatic carbocycles. The van der Waals surface area contributed by atoms with Gasteiger partial charge in [0, 0.05) is 24.8 Å². The Kier molecular flexibility index (Phi) is 5.34. The molecule has 1 aromatic heterocycles. The second-order valence-electron chi connectivity index (χ2n) is 5.03. The van der Waals surface area contributed by atoms with Crippen molar-refractivity contribution in [3.63, 3.8) is 0 Å². The predicted molar refractivity (Wildman–Crippen MR) is 75.0 cm³/mol. The van der Waals surface area contributed by atoms with Crippen molar-refractivity contribution in [3.8, 4) is 0 Å². The smallest absolute Gasteiger partial charge is 0.135 e. The number of anilines is 2. The Labute approximate surface area is 109 Å². The monoisotopic (exact) mass is 252 g/mol. The highest BCUT2D eigenvalue weighted by Crippen LogP contribution is 2.25. The van der Waals surface area contributed by atoms with Gasteiger partial charge in [-0.3, -0.25) is 0 Å². The number of aliphatic hydroxyl groups excluding tert-OH is 1. The number of rotatable bonds is 7. The number of hydrogen-bond donors (Lipinski definition) is 3. The summed E-state index contributed by atoms with van der Waals surface area (Å²) in [4.78, 5) is 8.57. The molecule has 0 fully saturated rings. The van der Waals surface area contributed by atoms with E-state index >= 15 is 0 Å². The Bertz CT molecular complexity index is 379. The first-order valence-corrected chi connectivity index (χ1v) is 6.44. The Morgan fingerprint density at radius 2 is 1.94 bits per heavy atom. The minimum Gasteiger partial charge on any atom is -0.396 e. The number of nitrogens with zero attached hydrogens (tertiary/aromatic N) is 2. The van der Waals surface area contributed by atoms with Crippen LogP contribution in [-0.4, -0.2) is 34.3 Å². The van der Waals surface area contributed by atoms with Crippen LogP contribution >= 0.6 is 0 Å². The van der Waals surface area contributed by atoms with Crippen LogP contribution in [0.4, 0.5) is 11.6 Å². The molecule has 0 aliphatic heterocycles. The van der Waals surface area contributed by atoms with Crippen molar-refractivity contribution in [1.29, 1.82) is 0 Å². The van der Waals surface area contributed by atoms with Crippen molar-refractivity contribution in [2.75, 3.05) is 24.3 Å². The van der Waals surface area contributed by atoms with Crippen LogP contribution in [0, 0.1) is 0 Å². The Morgan fingerprint density at radius 1 is 1.28 bits per heavy atom. The molecular weight excluding hydrogens is 228 g/mol. The molecule has 0 aliphatic rings. The highest BCUT2D eigenvalue weighted by Gasteiger charge is 2.20. The number of hydrogen-bond acceptors (Lipinski definition) is 5. The molecule has 0 saturated carbocycles. The normalized spacial score (nSPS) is 11.4. The average Bonchev–Trinajstić information content (AvgIpc) is 2.31. The molecule has 0 bridgehead atoms. The van der Waals surface area contributed by atoms with Crippen molar-refractivity contribution >= 4 is 11.6 Å². The topological polar surface area (TPSA) is 70.1 Å². The molecule has 0 aliphatic carbocycles.